The summed E-state index contributed by atoms with van der Waals surface area (Å²) in [5.74, 6) is 1.04. The molecular weight excluding hydrogens is 382 g/mol. The Balaban J connectivity index is 1.88. The van der Waals surface area contributed by atoms with Crippen LogP contribution in [0.1, 0.15) is 24.6 Å². The molecule has 0 unspecified atom stereocenters. The van der Waals surface area contributed by atoms with E-state index in [1.807, 2.05) is 57.3 Å². The van der Waals surface area contributed by atoms with Gasteiger partial charge >= 0.3 is 5.69 Å². The van der Waals surface area contributed by atoms with Crippen molar-refractivity contribution in [1.29, 1.82) is 0 Å². The Labute approximate surface area is 173 Å². The molecule has 0 saturated carbocycles. The van der Waals surface area contributed by atoms with Gasteiger partial charge in [0.15, 0.2) is 17.3 Å². The van der Waals surface area contributed by atoms with E-state index in [4.69, 9.17) is 4.98 Å². The molecule has 0 aliphatic heterocycles. The van der Waals surface area contributed by atoms with Crippen LogP contribution in [0, 0.1) is 6.92 Å². The molecule has 0 saturated heterocycles. The van der Waals surface area contributed by atoms with Gasteiger partial charge in [-0.15, -0.1) is 0 Å². The first kappa shape index (κ1) is 19.8. The third kappa shape index (κ3) is 3.84. The van der Waals surface area contributed by atoms with Gasteiger partial charge in [-0.25, -0.2) is 9.78 Å². The van der Waals surface area contributed by atoms with Gasteiger partial charge in [0.05, 0.1) is 12.2 Å². The number of nitrogens with one attached hydrogen (secondary N) is 2. The van der Waals surface area contributed by atoms with Crippen molar-refractivity contribution in [1.82, 2.24) is 29.3 Å². The number of aliphatic hydroxyl groups excluding tert-OH is 1. The van der Waals surface area contributed by atoms with Crippen molar-refractivity contribution in [2.75, 3.05) is 11.9 Å². The van der Waals surface area contributed by atoms with Gasteiger partial charge in [0.1, 0.15) is 11.2 Å². The molecule has 9 nitrogen and oxygen atoms in total. The summed E-state index contributed by atoms with van der Waals surface area (Å²) in [6, 6.07) is 11.6. The second-order valence-electron chi connectivity index (χ2n) is 7.45. The van der Waals surface area contributed by atoms with Crippen LogP contribution in [0.15, 0.2) is 41.2 Å². The number of aryl methyl sites for hydroxylation is 2. The number of benzene rings is 1. The van der Waals surface area contributed by atoms with E-state index in [1.54, 1.807) is 9.25 Å². The zero-order valence-electron chi connectivity index (χ0n) is 17.3. The summed E-state index contributed by atoms with van der Waals surface area (Å²) in [6.07, 6.45) is 0.540. The highest BCUT2D eigenvalue weighted by Crippen LogP contribution is 2.25. The lowest BCUT2D eigenvalue weighted by atomic mass is 10.2. The average molecular weight is 407 g/mol. The Morgan fingerprint density at radius 3 is 2.67 bits per heavy atom. The lowest BCUT2D eigenvalue weighted by molar-refractivity contribution is 0.282. The van der Waals surface area contributed by atoms with Crippen molar-refractivity contribution in [3.05, 3.63) is 58.1 Å². The topological polar surface area (TPSA) is 114 Å². The molecule has 4 aromatic rings. The van der Waals surface area contributed by atoms with Crippen LogP contribution >= 0.6 is 0 Å². The van der Waals surface area contributed by atoms with Crippen LogP contribution in [0.2, 0.25) is 0 Å². The maximum Gasteiger partial charge on any atom is 0.351 e. The molecule has 0 fully saturated rings. The quantitative estimate of drug-likeness (QED) is 0.432. The third-order valence-electron chi connectivity index (χ3n) is 4.99. The molecular formula is C21H25N7O2. The first-order valence-corrected chi connectivity index (χ1v) is 9.89. The van der Waals surface area contributed by atoms with Crippen molar-refractivity contribution in [3.63, 3.8) is 0 Å². The van der Waals surface area contributed by atoms with Crippen LogP contribution in [0.4, 0.5) is 5.82 Å². The summed E-state index contributed by atoms with van der Waals surface area (Å²) in [5, 5.41) is 16.8. The second kappa shape index (κ2) is 8.11. The highest BCUT2D eigenvalue weighted by atomic mass is 16.3. The van der Waals surface area contributed by atoms with Crippen LogP contribution in [0.3, 0.4) is 0 Å². The predicted molar refractivity (Wildman–Crippen MR) is 115 cm³/mol. The predicted octanol–water partition coefficient (Wildman–Crippen LogP) is 2.06. The van der Waals surface area contributed by atoms with E-state index >= 15 is 0 Å². The van der Waals surface area contributed by atoms with Crippen LogP contribution < -0.4 is 11.0 Å². The van der Waals surface area contributed by atoms with E-state index in [2.05, 4.69) is 20.4 Å². The van der Waals surface area contributed by atoms with E-state index in [0.717, 1.165) is 17.0 Å². The number of H-pyrrole nitrogens is 1. The number of hydrogen-bond donors (Lipinski definition) is 3. The lowest BCUT2D eigenvalue weighted by Crippen LogP contribution is -2.27. The minimum Gasteiger partial charge on any atom is -0.396 e. The maximum absolute atomic E-state index is 12.9. The molecule has 9 heteroatoms. The monoisotopic (exact) mass is 407 g/mol. The largest absolute Gasteiger partial charge is 0.396 e. The normalized spacial score (nSPS) is 12.4. The molecule has 3 aromatic heterocycles. The summed E-state index contributed by atoms with van der Waals surface area (Å²) in [4.78, 5) is 25.2. The summed E-state index contributed by atoms with van der Waals surface area (Å²) in [5.41, 5.74) is 3.46. The maximum atomic E-state index is 12.9. The number of aliphatic hydroxyl groups is 1. The summed E-state index contributed by atoms with van der Waals surface area (Å²) < 4.78 is 3.32. The molecule has 1 aromatic carbocycles. The molecule has 0 bridgehead atoms. The van der Waals surface area contributed by atoms with Gasteiger partial charge in [0.25, 0.3) is 0 Å². The van der Waals surface area contributed by atoms with Gasteiger partial charge in [0, 0.05) is 19.7 Å². The van der Waals surface area contributed by atoms with Gasteiger partial charge < -0.3 is 15.4 Å². The molecule has 30 heavy (non-hydrogen) atoms. The molecule has 0 aliphatic carbocycles. The first-order chi connectivity index (χ1) is 14.5. The number of nitrogens with zero attached hydrogens (tertiary/aromatic N) is 5. The van der Waals surface area contributed by atoms with Crippen LogP contribution in [-0.4, -0.2) is 47.1 Å². The molecule has 0 spiro atoms. The highest BCUT2D eigenvalue weighted by Gasteiger charge is 2.19. The van der Waals surface area contributed by atoms with Crippen LogP contribution in [0.25, 0.3) is 22.7 Å². The SMILES string of the molecule is Cc1cc(-c2nc3c([nH]2)c(N[C@H](C)CCO)nc(=O)n3Cc2ccccc2)n(C)n1. The number of fused-ring (bicyclic) bond motifs is 1. The number of rotatable bonds is 7. The number of anilines is 1. The van der Waals surface area contributed by atoms with E-state index in [1.165, 1.54) is 0 Å². The Morgan fingerprint density at radius 1 is 1.23 bits per heavy atom. The van der Waals surface area contributed by atoms with Gasteiger partial charge in [-0.1, -0.05) is 30.3 Å². The van der Waals surface area contributed by atoms with Gasteiger partial charge in [0.2, 0.25) is 0 Å². The standard InChI is InChI=1S/C21H25N7O2/c1-13(9-10-29)22-19-17-20(24-18(23-17)16-11-14(2)26-27(16)3)28(21(30)25-19)12-15-7-5-4-6-8-15/h4-8,11,13,29H,9-10,12H2,1-3H3,(H,23,24)(H,22,25,30)/t13-/m1/s1. The lowest BCUT2D eigenvalue weighted by Gasteiger charge is -2.14. The molecule has 3 N–H and O–H groups in total. The summed E-state index contributed by atoms with van der Waals surface area (Å²) in [7, 11) is 1.85. The molecule has 0 aliphatic rings. The van der Waals surface area contributed by atoms with Gasteiger partial charge in [-0.3, -0.25) is 9.25 Å². The molecule has 156 valence electrons. The smallest absolute Gasteiger partial charge is 0.351 e. The summed E-state index contributed by atoms with van der Waals surface area (Å²) in [6.45, 7) is 4.26. The van der Waals surface area contributed by atoms with Crippen LogP contribution in [0.5, 0.6) is 0 Å². The van der Waals surface area contributed by atoms with E-state index in [9.17, 15) is 9.90 Å². The molecule has 0 amide bonds. The Morgan fingerprint density at radius 2 is 2.00 bits per heavy atom. The Kier molecular flexibility index (Phi) is 5.37. The molecule has 0 radical (unpaired) electrons. The number of imidazole rings is 1. The van der Waals surface area contributed by atoms with E-state index in [0.29, 0.717) is 35.8 Å². The zero-order chi connectivity index (χ0) is 21.3. The second-order valence-corrected chi connectivity index (χ2v) is 7.45. The van der Waals surface area contributed by atoms with Crippen molar-refractivity contribution in [2.24, 2.45) is 7.05 Å². The van der Waals surface area contributed by atoms with E-state index < -0.39 is 0 Å². The molecule has 4 rings (SSSR count). The van der Waals surface area contributed by atoms with Crippen molar-refractivity contribution in [2.45, 2.75) is 32.9 Å². The third-order valence-corrected chi connectivity index (χ3v) is 4.99. The van der Waals surface area contributed by atoms with Gasteiger partial charge in [-0.2, -0.15) is 10.1 Å². The number of aromatic amines is 1. The molecule has 3 heterocycles. The minimum absolute atomic E-state index is 0.0465. The fourth-order valence-electron chi connectivity index (χ4n) is 3.49. The number of aromatic nitrogens is 6. The zero-order valence-corrected chi connectivity index (χ0v) is 17.3. The average Bonchev–Trinajstić information content (AvgIpc) is 3.29. The fourth-order valence-corrected chi connectivity index (χ4v) is 3.49. The van der Waals surface area contributed by atoms with Gasteiger partial charge in [-0.05, 0) is 31.9 Å². The highest BCUT2D eigenvalue weighted by molar-refractivity contribution is 5.85. The Bertz CT molecular complexity index is 1220. The van der Waals surface area contributed by atoms with E-state index in [-0.39, 0.29) is 18.3 Å². The first-order valence-electron chi connectivity index (χ1n) is 9.89. The Hall–Kier alpha value is -3.46. The summed E-state index contributed by atoms with van der Waals surface area (Å²) >= 11 is 0. The minimum atomic E-state index is -0.385. The molecule has 1 atom stereocenters. The van der Waals surface area contributed by atoms with Crippen molar-refractivity contribution >= 4 is 17.0 Å². The van der Waals surface area contributed by atoms with Crippen molar-refractivity contribution < 1.29 is 5.11 Å². The number of hydrogen-bond acceptors (Lipinski definition) is 6. The fraction of sp³-hybridized carbons (Fsp3) is 0.333. The van der Waals surface area contributed by atoms with Crippen molar-refractivity contribution in [3.8, 4) is 11.5 Å². The van der Waals surface area contributed by atoms with Crippen LogP contribution in [-0.2, 0) is 13.6 Å².